The Hall–Kier alpha value is -3.12. The van der Waals surface area contributed by atoms with Crippen LogP contribution in [0.3, 0.4) is 0 Å². The Morgan fingerprint density at radius 2 is 2.03 bits per heavy atom. The maximum absolute atomic E-state index is 13.1. The number of Topliss-reactive ketones (excluding diaryl/α,β-unsaturated/α-hetero) is 1. The molecule has 0 saturated heterocycles. The van der Waals surface area contributed by atoms with Crippen LogP contribution in [0.4, 0.5) is 6.01 Å². The van der Waals surface area contributed by atoms with Crippen LogP contribution < -0.4 is 15.6 Å². The fourth-order valence-electron chi connectivity index (χ4n) is 4.22. The van der Waals surface area contributed by atoms with E-state index < -0.39 is 0 Å². The van der Waals surface area contributed by atoms with Crippen LogP contribution in [0.5, 0.6) is 0 Å². The van der Waals surface area contributed by atoms with Gasteiger partial charge in [-0.15, -0.1) is 0 Å². The van der Waals surface area contributed by atoms with Gasteiger partial charge in [-0.2, -0.15) is 10.3 Å². The lowest BCUT2D eigenvalue weighted by molar-refractivity contribution is -0.502. The summed E-state index contributed by atoms with van der Waals surface area (Å²) in [7, 11) is 0. The molecule has 152 valence electrons. The Labute approximate surface area is 179 Å². The van der Waals surface area contributed by atoms with E-state index in [2.05, 4.69) is 34.5 Å². The number of para-hydroxylation sites is 2. The second kappa shape index (κ2) is 6.99. The first kappa shape index (κ1) is 18.9. The number of ketones is 1. The molecule has 2 heterocycles. The molecule has 0 fully saturated rings. The van der Waals surface area contributed by atoms with Gasteiger partial charge in [0.1, 0.15) is 11.6 Å². The van der Waals surface area contributed by atoms with Crippen LogP contribution >= 0.6 is 11.6 Å². The van der Waals surface area contributed by atoms with Gasteiger partial charge in [-0.05, 0) is 35.2 Å². The number of anilines is 1. The van der Waals surface area contributed by atoms with Crippen LogP contribution in [-0.2, 0) is 4.79 Å². The number of carbonyl (C=O) groups excluding carboxylic acids is 1. The lowest BCUT2D eigenvalue weighted by atomic mass is 9.73. The summed E-state index contributed by atoms with van der Waals surface area (Å²) in [6, 6.07) is 15.2. The van der Waals surface area contributed by atoms with Crippen LogP contribution in [0.2, 0.25) is 5.02 Å². The van der Waals surface area contributed by atoms with Gasteiger partial charge in [0.15, 0.2) is 11.4 Å². The molecule has 1 atom stereocenters. The van der Waals surface area contributed by atoms with Crippen molar-refractivity contribution in [2.45, 2.75) is 32.7 Å². The maximum atomic E-state index is 13.1. The first-order valence-corrected chi connectivity index (χ1v) is 10.3. The topological polar surface area (TPSA) is 81.1 Å². The number of halogens is 1. The van der Waals surface area contributed by atoms with Crippen LogP contribution in [-0.4, -0.2) is 16.7 Å². The van der Waals surface area contributed by atoms with Gasteiger partial charge in [0.05, 0.1) is 11.3 Å². The van der Waals surface area contributed by atoms with Gasteiger partial charge in [-0.1, -0.05) is 49.7 Å². The minimum Gasteiger partial charge on any atom is -0.412 e. The van der Waals surface area contributed by atoms with Gasteiger partial charge in [0.2, 0.25) is 0 Å². The number of hydrogen-bond acceptors (Lipinski definition) is 5. The quantitative estimate of drug-likeness (QED) is 0.591. The number of fused-ring (bicyclic) bond motifs is 1. The minimum atomic E-state index is -0.310. The Kier molecular flexibility index (Phi) is 4.40. The predicted octanol–water partition coefficient (Wildman–Crippen LogP) is 3.32. The van der Waals surface area contributed by atoms with Crippen LogP contribution in [0.25, 0.3) is 11.1 Å². The fraction of sp³-hybridized carbons (Fsp3) is 0.261. The van der Waals surface area contributed by atoms with Crippen molar-refractivity contribution in [1.29, 1.82) is 0 Å². The molecular formula is C23H22ClN4O2+. The van der Waals surface area contributed by atoms with E-state index >= 15 is 0 Å². The van der Waals surface area contributed by atoms with E-state index in [4.69, 9.17) is 16.0 Å². The molecule has 6 nitrogen and oxygen atoms in total. The van der Waals surface area contributed by atoms with Gasteiger partial charge >= 0.3 is 12.0 Å². The highest BCUT2D eigenvalue weighted by atomic mass is 35.5. The SMILES string of the molecule is CC1(C)CC(=O)C2=C(C1)NC(Nc1nc3ccccc3o1)=[NH+][C@@H]2c1cccc(Cl)c1. The summed E-state index contributed by atoms with van der Waals surface area (Å²) in [6.45, 7) is 4.22. The Bertz CT molecular complexity index is 1190. The largest absolute Gasteiger partial charge is 0.412 e. The summed E-state index contributed by atoms with van der Waals surface area (Å²) < 4.78 is 5.80. The van der Waals surface area contributed by atoms with Crippen molar-refractivity contribution in [3.63, 3.8) is 0 Å². The molecule has 0 saturated carbocycles. The number of carbonyl (C=O) groups is 1. The van der Waals surface area contributed by atoms with Gasteiger partial charge in [0, 0.05) is 17.9 Å². The number of nitrogens with one attached hydrogen (secondary N) is 3. The molecule has 3 aromatic rings. The summed E-state index contributed by atoms with van der Waals surface area (Å²) in [5.74, 6) is 0.767. The third kappa shape index (κ3) is 3.48. The molecule has 3 N–H and O–H groups in total. The molecule has 1 aliphatic carbocycles. The molecule has 30 heavy (non-hydrogen) atoms. The number of hydrogen-bond donors (Lipinski definition) is 3. The first-order chi connectivity index (χ1) is 14.4. The molecule has 5 rings (SSSR count). The third-order valence-electron chi connectivity index (χ3n) is 5.48. The second-order valence-electron chi connectivity index (χ2n) is 8.58. The molecule has 0 unspecified atom stereocenters. The normalized spacial score (nSPS) is 20.6. The van der Waals surface area contributed by atoms with Gasteiger partial charge in [-0.3, -0.25) is 9.79 Å². The number of oxazole rings is 1. The number of aromatic nitrogens is 1. The molecule has 1 aromatic heterocycles. The van der Waals surface area contributed by atoms with E-state index in [0.29, 0.717) is 29.0 Å². The average Bonchev–Trinajstić information content (AvgIpc) is 3.08. The molecule has 7 heteroatoms. The molecule has 0 amide bonds. The summed E-state index contributed by atoms with van der Waals surface area (Å²) in [6.07, 6.45) is 1.28. The van der Waals surface area contributed by atoms with Gasteiger partial charge in [0.25, 0.3) is 0 Å². The standard InChI is InChI=1S/C23H21ClN4O2/c1-23(2)11-16-19(17(29)12-23)20(13-6-5-7-14(24)10-13)27-21(25-16)28-22-26-15-8-3-4-9-18(15)30-22/h3-10,20H,11-12H2,1-2H3,(H2,25,26,27,28)/p+1/t20-/m1/s1. The fourth-order valence-corrected chi connectivity index (χ4v) is 4.42. The first-order valence-electron chi connectivity index (χ1n) is 9.93. The number of guanidine groups is 1. The zero-order valence-electron chi connectivity index (χ0n) is 16.8. The molecule has 2 aliphatic rings. The summed E-state index contributed by atoms with van der Waals surface area (Å²) in [5.41, 5.74) is 3.98. The van der Waals surface area contributed by atoms with Gasteiger partial charge in [-0.25, -0.2) is 5.32 Å². The Morgan fingerprint density at radius 3 is 2.83 bits per heavy atom. The molecule has 0 bridgehead atoms. The molecule has 0 spiro atoms. The summed E-state index contributed by atoms with van der Waals surface area (Å²) in [5, 5.41) is 7.20. The third-order valence-corrected chi connectivity index (χ3v) is 5.72. The molecule has 1 aliphatic heterocycles. The van der Waals surface area contributed by atoms with Gasteiger partial charge < -0.3 is 4.42 Å². The average molecular weight is 422 g/mol. The zero-order chi connectivity index (χ0) is 20.9. The zero-order valence-corrected chi connectivity index (χ0v) is 17.5. The van der Waals surface area contributed by atoms with E-state index in [-0.39, 0.29) is 17.2 Å². The minimum absolute atomic E-state index is 0.109. The second-order valence-corrected chi connectivity index (χ2v) is 9.01. The van der Waals surface area contributed by atoms with Crippen molar-refractivity contribution in [2.24, 2.45) is 5.41 Å². The molecule has 0 radical (unpaired) electrons. The molecule has 2 aromatic carbocycles. The van der Waals surface area contributed by atoms with Crippen LogP contribution in [0, 0.1) is 5.41 Å². The van der Waals surface area contributed by atoms with Crippen molar-refractivity contribution in [3.05, 3.63) is 70.4 Å². The molecular weight excluding hydrogens is 400 g/mol. The lowest BCUT2D eigenvalue weighted by Crippen LogP contribution is -2.82. The van der Waals surface area contributed by atoms with E-state index in [9.17, 15) is 4.79 Å². The van der Waals surface area contributed by atoms with Crippen LogP contribution in [0.1, 0.15) is 38.3 Å². The number of benzene rings is 2. The number of rotatable bonds is 2. The highest BCUT2D eigenvalue weighted by Gasteiger charge is 2.42. The van der Waals surface area contributed by atoms with E-state index in [1.54, 1.807) is 0 Å². The van der Waals surface area contributed by atoms with E-state index in [0.717, 1.165) is 28.8 Å². The van der Waals surface area contributed by atoms with Crippen molar-refractivity contribution < 1.29 is 14.2 Å². The van der Waals surface area contributed by atoms with E-state index in [1.807, 2.05) is 48.5 Å². The maximum Gasteiger partial charge on any atom is 0.365 e. The Balaban J connectivity index is 1.55. The smallest absolute Gasteiger partial charge is 0.365 e. The highest BCUT2D eigenvalue weighted by Crippen LogP contribution is 2.39. The van der Waals surface area contributed by atoms with Crippen molar-refractivity contribution in [1.82, 2.24) is 10.3 Å². The van der Waals surface area contributed by atoms with Crippen molar-refractivity contribution in [3.8, 4) is 0 Å². The Morgan fingerprint density at radius 1 is 1.20 bits per heavy atom. The summed E-state index contributed by atoms with van der Waals surface area (Å²) in [4.78, 5) is 21.0. The van der Waals surface area contributed by atoms with Crippen molar-refractivity contribution in [2.75, 3.05) is 5.32 Å². The van der Waals surface area contributed by atoms with Crippen molar-refractivity contribution >= 4 is 40.5 Å². The van der Waals surface area contributed by atoms with Crippen LogP contribution in [0.15, 0.2) is 64.2 Å². The lowest BCUT2D eigenvalue weighted by Gasteiger charge is -2.34. The van der Waals surface area contributed by atoms with E-state index in [1.165, 1.54) is 0 Å². The predicted molar refractivity (Wildman–Crippen MR) is 116 cm³/mol. The summed E-state index contributed by atoms with van der Waals surface area (Å²) >= 11 is 6.24. The number of allylic oxidation sites excluding steroid dienone is 1. The number of nitrogens with zero attached hydrogens (tertiary/aromatic N) is 1. The highest BCUT2D eigenvalue weighted by molar-refractivity contribution is 6.30. The monoisotopic (exact) mass is 421 g/mol.